The standard InChI is InChI=1S/C20H24BClN2O7/c1-19(2,3)31-18(26)24-10-20(11-6-5-9-23-17(11)29-4)16(25)14-13(30-20)8-7-12(22)15(14)21(27)28/h5-9,16,25,27-28H,10H2,1-4H3,(H,24,26)/t16-,20?/m0/s1. The Hall–Kier alpha value is -2.53. The second kappa shape index (κ2) is 8.54. The first-order valence-corrected chi connectivity index (χ1v) is 9.90. The summed E-state index contributed by atoms with van der Waals surface area (Å²) in [5.41, 5.74) is -1.99. The van der Waals surface area contributed by atoms with Gasteiger partial charge in [-0.1, -0.05) is 11.6 Å². The first-order chi connectivity index (χ1) is 14.5. The van der Waals surface area contributed by atoms with E-state index < -0.39 is 30.5 Å². The molecule has 1 aromatic heterocycles. The van der Waals surface area contributed by atoms with Gasteiger partial charge in [-0.3, -0.25) is 0 Å². The van der Waals surface area contributed by atoms with E-state index in [1.165, 1.54) is 25.4 Å². The van der Waals surface area contributed by atoms with Gasteiger partial charge in [-0.25, -0.2) is 9.78 Å². The fraction of sp³-hybridized carbons (Fsp3) is 0.400. The highest BCUT2D eigenvalue weighted by atomic mass is 35.5. The molecule has 31 heavy (non-hydrogen) atoms. The average Bonchev–Trinajstić information content (AvgIpc) is 2.97. The largest absolute Gasteiger partial charge is 0.490 e. The van der Waals surface area contributed by atoms with Gasteiger partial charge in [-0.2, -0.15) is 0 Å². The second-order valence-electron chi connectivity index (χ2n) is 8.06. The van der Waals surface area contributed by atoms with Crippen LogP contribution in [0.4, 0.5) is 4.79 Å². The van der Waals surface area contributed by atoms with Crippen molar-refractivity contribution in [2.24, 2.45) is 0 Å². The van der Waals surface area contributed by atoms with Gasteiger partial charge in [0.2, 0.25) is 5.88 Å². The quantitative estimate of drug-likeness (QED) is 0.501. The molecule has 0 saturated carbocycles. The molecular formula is C20H24BClN2O7. The summed E-state index contributed by atoms with van der Waals surface area (Å²) < 4.78 is 16.8. The fourth-order valence-corrected chi connectivity index (χ4v) is 3.79. The topological polar surface area (TPSA) is 130 Å². The van der Waals surface area contributed by atoms with E-state index in [0.29, 0.717) is 5.56 Å². The number of benzene rings is 1. The van der Waals surface area contributed by atoms with E-state index in [2.05, 4.69) is 10.3 Å². The lowest BCUT2D eigenvalue weighted by molar-refractivity contribution is -0.0352. The normalized spacial score (nSPS) is 19.9. The second-order valence-corrected chi connectivity index (χ2v) is 8.46. The highest BCUT2D eigenvalue weighted by Crippen LogP contribution is 2.50. The van der Waals surface area contributed by atoms with Crippen molar-refractivity contribution in [2.45, 2.75) is 38.1 Å². The molecule has 4 N–H and O–H groups in total. The van der Waals surface area contributed by atoms with Crippen molar-refractivity contribution in [1.29, 1.82) is 0 Å². The molecule has 0 radical (unpaired) electrons. The SMILES string of the molecule is COc1ncccc1C1(CNC(=O)OC(C)(C)C)Oc2ccc(Cl)c(B(O)O)c2[C@@H]1O. The summed E-state index contributed by atoms with van der Waals surface area (Å²) in [4.78, 5) is 16.5. The third kappa shape index (κ3) is 4.43. The van der Waals surface area contributed by atoms with Crippen LogP contribution in [0.3, 0.4) is 0 Å². The van der Waals surface area contributed by atoms with Crippen LogP contribution in [0.1, 0.15) is 38.0 Å². The zero-order valence-corrected chi connectivity index (χ0v) is 18.3. The zero-order chi connectivity index (χ0) is 23.0. The minimum Gasteiger partial charge on any atom is -0.481 e. The Kier molecular flexibility index (Phi) is 6.38. The van der Waals surface area contributed by atoms with Crippen LogP contribution in [0.25, 0.3) is 0 Å². The Labute approximate surface area is 185 Å². The number of fused-ring (bicyclic) bond motifs is 1. The number of nitrogens with one attached hydrogen (secondary N) is 1. The Morgan fingerprint density at radius 3 is 2.68 bits per heavy atom. The summed E-state index contributed by atoms with van der Waals surface area (Å²) in [6.45, 7) is 4.93. The molecule has 11 heteroatoms. The van der Waals surface area contributed by atoms with Crippen LogP contribution >= 0.6 is 11.6 Å². The van der Waals surface area contributed by atoms with Crippen molar-refractivity contribution in [1.82, 2.24) is 10.3 Å². The Morgan fingerprint density at radius 1 is 1.35 bits per heavy atom. The Morgan fingerprint density at radius 2 is 2.06 bits per heavy atom. The molecule has 1 aromatic carbocycles. The third-order valence-corrected chi connectivity index (χ3v) is 5.10. The molecule has 2 heterocycles. The molecule has 9 nitrogen and oxygen atoms in total. The van der Waals surface area contributed by atoms with Crippen molar-refractivity contribution < 1.29 is 34.2 Å². The number of alkyl carbamates (subject to hydrolysis) is 1. The van der Waals surface area contributed by atoms with Gasteiger partial charge in [-0.05, 0) is 45.0 Å². The van der Waals surface area contributed by atoms with Gasteiger partial charge in [0.15, 0.2) is 5.60 Å². The van der Waals surface area contributed by atoms with E-state index >= 15 is 0 Å². The highest BCUT2D eigenvalue weighted by Gasteiger charge is 2.53. The lowest BCUT2D eigenvalue weighted by Crippen LogP contribution is -2.48. The lowest BCUT2D eigenvalue weighted by Gasteiger charge is -2.33. The average molecular weight is 451 g/mol. The molecule has 1 unspecified atom stereocenters. The summed E-state index contributed by atoms with van der Waals surface area (Å²) in [6.07, 6.45) is -0.668. The van der Waals surface area contributed by atoms with Crippen LogP contribution in [-0.4, -0.2) is 52.6 Å². The van der Waals surface area contributed by atoms with E-state index in [1.807, 2.05) is 0 Å². The number of rotatable bonds is 5. The predicted octanol–water partition coefficient (Wildman–Crippen LogP) is 1.27. The Balaban J connectivity index is 2.10. The van der Waals surface area contributed by atoms with Crippen LogP contribution in [0, 0.1) is 0 Å². The number of hydrogen-bond donors (Lipinski definition) is 4. The number of carbonyl (C=O) groups excluding carboxylic acids is 1. The number of hydrogen-bond acceptors (Lipinski definition) is 8. The molecule has 1 amide bonds. The summed E-state index contributed by atoms with van der Waals surface area (Å²) in [6, 6.07) is 6.19. The van der Waals surface area contributed by atoms with Gasteiger partial charge < -0.3 is 34.7 Å². The molecule has 0 spiro atoms. The zero-order valence-electron chi connectivity index (χ0n) is 17.5. The van der Waals surface area contributed by atoms with Crippen molar-refractivity contribution >= 4 is 30.3 Å². The van der Waals surface area contributed by atoms with Crippen LogP contribution in [0.15, 0.2) is 30.5 Å². The fourth-order valence-electron chi connectivity index (χ4n) is 3.53. The molecule has 3 rings (SSSR count). The molecule has 0 saturated heterocycles. The molecular weight excluding hydrogens is 426 g/mol. The van der Waals surface area contributed by atoms with Gasteiger partial charge in [-0.15, -0.1) is 0 Å². The third-order valence-electron chi connectivity index (χ3n) is 4.77. The maximum absolute atomic E-state index is 12.3. The van der Waals surface area contributed by atoms with E-state index in [-0.39, 0.29) is 34.2 Å². The number of aliphatic hydroxyl groups excluding tert-OH is 1. The van der Waals surface area contributed by atoms with E-state index in [1.54, 1.807) is 32.9 Å². The first-order valence-electron chi connectivity index (χ1n) is 9.52. The van der Waals surface area contributed by atoms with Crippen molar-refractivity contribution in [2.75, 3.05) is 13.7 Å². The van der Waals surface area contributed by atoms with Crippen molar-refractivity contribution in [3.63, 3.8) is 0 Å². The molecule has 166 valence electrons. The number of methoxy groups -OCH3 is 1. The molecule has 0 fully saturated rings. The summed E-state index contributed by atoms with van der Waals surface area (Å²) in [7, 11) is -0.541. The summed E-state index contributed by atoms with van der Waals surface area (Å²) in [5.74, 6) is 0.342. The number of amides is 1. The number of aliphatic hydroxyl groups is 1. The number of aromatic nitrogens is 1. The maximum Gasteiger partial charge on any atom is 0.490 e. The number of pyridine rings is 1. The molecule has 2 atom stereocenters. The maximum atomic E-state index is 12.3. The van der Waals surface area contributed by atoms with Gasteiger partial charge in [0.05, 0.1) is 19.2 Å². The molecule has 2 aromatic rings. The molecule has 1 aliphatic rings. The number of carbonyl (C=O) groups is 1. The number of ether oxygens (including phenoxy) is 3. The molecule has 0 bridgehead atoms. The molecule has 1 aliphatic heterocycles. The van der Waals surface area contributed by atoms with Crippen molar-refractivity contribution in [3.05, 3.63) is 46.6 Å². The van der Waals surface area contributed by atoms with Crippen LogP contribution in [-0.2, 0) is 10.3 Å². The van der Waals surface area contributed by atoms with E-state index in [0.717, 1.165) is 0 Å². The van der Waals surface area contributed by atoms with Gasteiger partial charge in [0.1, 0.15) is 17.5 Å². The van der Waals surface area contributed by atoms with Crippen LogP contribution in [0.2, 0.25) is 5.02 Å². The minimum atomic E-state index is -1.95. The van der Waals surface area contributed by atoms with Crippen LogP contribution in [0.5, 0.6) is 11.6 Å². The predicted molar refractivity (Wildman–Crippen MR) is 114 cm³/mol. The van der Waals surface area contributed by atoms with Crippen LogP contribution < -0.4 is 20.3 Å². The highest BCUT2D eigenvalue weighted by molar-refractivity contribution is 6.63. The Bertz CT molecular complexity index is 982. The number of nitrogens with zero attached hydrogens (tertiary/aromatic N) is 1. The van der Waals surface area contributed by atoms with Crippen molar-refractivity contribution in [3.8, 4) is 11.6 Å². The summed E-state index contributed by atoms with van der Waals surface area (Å²) >= 11 is 6.15. The van der Waals surface area contributed by atoms with Gasteiger partial charge in [0, 0.05) is 22.2 Å². The minimum absolute atomic E-state index is 0.0467. The molecule has 0 aliphatic carbocycles. The van der Waals surface area contributed by atoms with E-state index in [9.17, 15) is 19.9 Å². The summed E-state index contributed by atoms with van der Waals surface area (Å²) in [5, 5.41) is 33.7. The van der Waals surface area contributed by atoms with Gasteiger partial charge in [0.25, 0.3) is 0 Å². The number of halogens is 1. The monoisotopic (exact) mass is 450 g/mol. The first kappa shape index (κ1) is 23.1. The van der Waals surface area contributed by atoms with E-state index in [4.69, 9.17) is 25.8 Å². The lowest BCUT2D eigenvalue weighted by atomic mass is 9.73. The smallest absolute Gasteiger partial charge is 0.481 e. The van der Waals surface area contributed by atoms with Gasteiger partial charge >= 0.3 is 13.2 Å².